The van der Waals surface area contributed by atoms with E-state index in [1.54, 1.807) is 7.11 Å². The zero-order chi connectivity index (χ0) is 18.8. The van der Waals surface area contributed by atoms with Crippen LogP contribution in [0.2, 0.25) is 0 Å². The van der Waals surface area contributed by atoms with Crippen molar-refractivity contribution in [1.29, 1.82) is 0 Å². The SMILES string of the molecule is C#CC1=C(c2cc(Br)cc(N3CC(C(=C)OC)C3)c2)C(Cl)CC=C1N=C. The number of ether oxygens (including phenoxy) is 1. The van der Waals surface area contributed by atoms with Crippen LogP contribution in [-0.2, 0) is 4.74 Å². The molecule has 1 aromatic rings. The summed E-state index contributed by atoms with van der Waals surface area (Å²) in [6.07, 6.45) is 8.38. The van der Waals surface area contributed by atoms with Crippen LogP contribution >= 0.6 is 27.5 Å². The summed E-state index contributed by atoms with van der Waals surface area (Å²) in [5, 5.41) is -0.189. The third kappa shape index (κ3) is 3.47. The topological polar surface area (TPSA) is 24.8 Å². The molecule has 0 bridgehead atoms. The van der Waals surface area contributed by atoms with Gasteiger partial charge in [-0.3, -0.25) is 4.99 Å². The van der Waals surface area contributed by atoms with Gasteiger partial charge in [0.1, 0.15) is 0 Å². The molecule has 0 N–H and O–H groups in total. The van der Waals surface area contributed by atoms with Crippen molar-refractivity contribution in [3.05, 3.63) is 57.9 Å². The van der Waals surface area contributed by atoms with Crippen LogP contribution in [0.25, 0.3) is 5.57 Å². The highest BCUT2D eigenvalue weighted by molar-refractivity contribution is 9.10. The number of rotatable bonds is 5. The van der Waals surface area contributed by atoms with Crippen molar-refractivity contribution in [2.24, 2.45) is 10.9 Å². The average Bonchev–Trinajstić information content (AvgIpc) is 2.59. The minimum Gasteiger partial charge on any atom is -0.501 e. The predicted octanol–water partition coefficient (Wildman–Crippen LogP) is 5.03. The molecule has 26 heavy (non-hydrogen) atoms. The second-order valence-electron chi connectivity index (χ2n) is 6.35. The fraction of sp³-hybridized carbons (Fsp3) is 0.286. The van der Waals surface area contributed by atoms with Gasteiger partial charge in [-0.25, -0.2) is 0 Å². The van der Waals surface area contributed by atoms with E-state index >= 15 is 0 Å². The van der Waals surface area contributed by atoms with Gasteiger partial charge >= 0.3 is 0 Å². The molecule has 1 heterocycles. The molecule has 0 saturated carbocycles. The minimum absolute atomic E-state index is 0.189. The van der Waals surface area contributed by atoms with Gasteiger partial charge in [-0.15, -0.1) is 18.0 Å². The van der Waals surface area contributed by atoms with E-state index in [0.29, 0.717) is 17.9 Å². The van der Waals surface area contributed by atoms with Gasteiger partial charge in [0.2, 0.25) is 0 Å². The van der Waals surface area contributed by atoms with Gasteiger partial charge < -0.3 is 9.64 Å². The number of allylic oxidation sites excluding steroid dienone is 3. The first-order valence-corrected chi connectivity index (χ1v) is 9.52. The minimum atomic E-state index is -0.189. The number of alkyl halides is 1. The van der Waals surface area contributed by atoms with E-state index in [4.69, 9.17) is 22.8 Å². The number of hydrogen-bond donors (Lipinski definition) is 0. The Balaban J connectivity index is 1.97. The van der Waals surface area contributed by atoms with E-state index in [0.717, 1.165) is 45.8 Å². The molecule has 1 atom stereocenters. The summed E-state index contributed by atoms with van der Waals surface area (Å²) in [7, 11) is 1.67. The Kier molecular flexibility index (Phi) is 5.60. The van der Waals surface area contributed by atoms with Gasteiger partial charge in [0, 0.05) is 23.2 Å². The van der Waals surface area contributed by atoms with Crippen LogP contribution in [0.15, 0.2) is 57.3 Å². The molecule has 0 radical (unpaired) electrons. The van der Waals surface area contributed by atoms with Crippen LogP contribution in [0.4, 0.5) is 5.69 Å². The van der Waals surface area contributed by atoms with Gasteiger partial charge in [0.05, 0.1) is 35.4 Å². The zero-order valence-corrected chi connectivity index (χ0v) is 17.0. The van der Waals surface area contributed by atoms with E-state index in [2.05, 4.69) is 57.2 Å². The summed E-state index contributed by atoms with van der Waals surface area (Å²) in [6.45, 7) is 9.34. The second kappa shape index (κ2) is 7.73. The highest BCUT2D eigenvalue weighted by atomic mass is 79.9. The normalized spacial score (nSPS) is 20.2. The number of anilines is 1. The van der Waals surface area contributed by atoms with Crippen LogP contribution in [0.1, 0.15) is 12.0 Å². The molecule has 1 aliphatic heterocycles. The van der Waals surface area contributed by atoms with Crippen LogP contribution in [0.5, 0.6) is 0 Å². The molecule has 0 spiro atoms. The molecule has 3 rings (SSSR count). The molecule has 1 fully saturated rings. The lowest BCUT2D eigenvalue weighted by atomic mass is 9.89. The van der Waals surface area contributed by atoms with Crippen molar-refractivity contribution in [3.8, 4) is 12.3 Å². The number of hydrogen-bond acceptors (Lipinski definition) is 3. The smallest absolute Gasteiger partial charge is 0.0950 e. The van der Waals surface area contributed by atoms with Crippen molar-refractivity contribution in [2.45, 2.75) is 11.8 Å². The molecular weight excluding hydrogens is 412 g/mol. The van der Waals surface area contributed by atoms with Gasteiger partial charge in [-0.1, -0.05) is 34.5 Å². The van der Waals surface area contributed by atoms with Gasteiger partial charge in [0.25, 0.3) is 0 Å². The van der Waals surface area contributed by atoms with Crippen LogP contribution in [0.3, 0.4) is 0 Å². The van der Waals surface area contributed by atoms with Crippen molar-refractivity contribution in [2.75, 3.05) is 25.1 Å². The van der Waals surface area contributed by atoms with Crippen molar-refractivity contribution >= 4 is 45.5 Å². The third-order valence-corrected chi connectivity index (χ3v) is 5.68. The molecule has 1 unspecified atom stereocenters. The van der Waals surface area contributed by atoms with Crippen LogP contribution in [0, 0.1) is 18.3 Å². The monoisotopic (exact) mass is 430 g/mol. The molecule has 0 amide bonds. The fourth-order valence-electron chi connectivity index (χ4n) is 3.32. The van der Waals surface area contributed by atoms with Gasteiger partial charge in [0.15, 0.2) is 0 Å². The maximum atomic E-state index is 6.61. The van der Waals surface area contributed by atoms with Crippen LogP contribution in [-0.4, -0.2) is 32.3 Å². The van der Waals surface area contributed by atoms with Crippen molar-refractivity contribution in [3.63, 3.8) is 0 Å². The number of aliphatic imine (C=N–C) groups is 1. The van der Waals surface area contributed by atoms with E-state index in [1.165, 1.54) is 0 Å². The quantitative estimate of drug-likeness (QED) is 0.283. The Morgan fingerprint density at radius 1 is 1.42 bits per heavy atom. The maximum Gasteiger partial charge on any atom is 0.0950 e. The molecule has 5 heteroatoms. The first-order valence-electron chi connectivity index (χ1n) is 8.29. The van der Waals surface area contributed by atoms with E-state index in [1.807, 2.05) is 12.1 Å². The summed E-state index contributed by atoms with van der Waals surface area (Å²) in [5.74, 6) is 3.93. The maximum absolute atomic E-state index is 6.61. The zero-order valence-electron chi connectivity index (χ0n) is 14.6. The molecule has 1 aromatic carbocycles. The van der Waals surface area contributed by atoms with Gasteiger partial charge in [-0.05, 0) is 42.5 Å². The highest BCUT2D eigenvalue weighted by Gasteiger charge is 2.31. The predicted molar refractivity (Wildman–Crippen MR) is 114 cm³/mol. The number of terminal acetylenes is 1. The summed E-state index contributed by atoms with van der Waals surface area (Å²) < 4.78 is 6.23. The Morgan fingerprint density at radius 2 is 2.15 bits per heavy atom. The number of methoxy groups -OCH3 is 1. The summed E-state index contributed by atoms with van der Waals surface area (Å²) >= 11 is 10.2. The van der Waals surface area contributed by atoms with Crippen LogP contribution < -0.4 is 4.90 Å². The average molecular weight is 432 g/mol. The van der Waals surface area contributed by atoms with E-state index in [-0.39, 0.29) is 5.38 Å². The van der Waals surface area contributed by atoms with Gasteiger partial charge in [-0.2, -0.15) is 0 Å². The molecule has 3 nitrogen and oxygen atoms in total. The van der Waals surface area contributed by atoms with Crippen molar-refractivity contribution in [1.82, 2.24) is 0 Å². The molecule has 0 aromatic heterocycles. The summed E-state index contributed by atoms with van der Waals surface area (Å²) in [4.78, 5) is 6.35. The molecule has 1 saturated heterocycles. The lowest BCUT2D eigenvalue weighted by Gasteiger charge is -2.41. The first-order chi connectivity index (χ1) is 12.5. The first kappa shape index (κ1) is 18.8. The molecule has 2 aliphatic rings. The van der Waals surface area contributed by atoms with E-state index < -0.39 is 0 Å². The second-order valence-corrected chi connectivity index (χ2v) is 7.80. The number of benzene rings is 1. The lowest BCUT2D eigenvalue weighted by Crippen LogP contribution is -2.47. The Hall–Kier alpha value is -1.96. The van der Waals surface area contributed by atoms with E-state index in [9.17, 15) is 0 Å². The Bertz CT molecular complexity index is 859. The lowest BCUT2D eigenvalue weighted by molar-refractivity contribution is 0.224. The molecule has 134 valence electrons. The Labute approximate surface area is 168 Å². The fourth-order valence-corrected chi connectivity index (χ4v) is 4.13. The summed E-state index contributed by atoms with van der Waals surface area (Å²) in [5.41, 5.74) is 4.49. The summed E-state index contributed by atoms with van der Waals surface area (Å²) in [6, 6.07) is 6.27. The largest absolute Gasteiger partial charge is 0.501 e. The Morgan fingerprint density at radius 3 is 2.77 bits per heavy atom. The molecule has 1 aliphatic carbocycles. The number of halogens is 2. The molecular formula is C21H20BrClN2O. The highest BCUT2D eigenvalue weighted by Crippen LogP contribution is 2.39. The third-order valence-electron chi connectivity index (χ3n) is 4.83. The number of nitrogens with zero attached hydrogens (tertiary/aromatic N) is 2. The standard InChI is InChI=1S/C21H20BrClN2O/c1-5-18-20(24-3)7-6-19(23)21(18)14-8-16(22)10-17(9-14)25-11-15(12-25)13(2)26-4/h1,7-10,15,19H,2-3,6,11-12H2,4H3. The van der Waals surface area contributed by atoms with Crippen molar-refractivity contribution < 1.29 is 4.74 Å².